The van der Waals surface area contributed by atoms with E-state index < -0.39 is 60.0 Å². The lowest BCUT2D eigenvalue weighted by atomic mass is 9.96. The quantitative estimate of drug-likeness (QED) is 0.272. The molecule has 0 saturated carbocycles. The standard InChI is InChI=1S/C25H16Cl2F9NO2/c1-39-22(38)37(11-13-6-16(24(31,32)33)9-17(7-13)25(34,35)36)12-14-8-15(23(28,29)30)2-4-19(14)20-10-18(26)3-5-21(20)27/h2-10H,11-12H2,1H3. The van der Waals surface area contributed by atoms with Crippen LogP contribution < -0.4 is 0 Å². The number of methoxy groups -OCH3 is 1. The van der Waals surface area contributed by atoms with E-state index in [1.54, 1.807) is 0 Å². The molecule has 0 N–H and O–H groups in total. The molecule has 3 aromatic rings. The van der Waals surface area contributed by atoms with Crippen LogP contribution in [0.1, 0.15) is 27.8 Å². The average Bonchev–Trinajstić information content (AvgIpc) is 2.83. The molecule has 0 radical (unpaired) electrons. The lowest BCUT2D eigenvalue weighted by molar-refractivity contribution is -0.143. The molecule has 39 heavy (non-hydrogen) atoms. The van der Waals surface area contributed by atoms with E-state index in [0.29, 0.717) is 23.1 Å². The molecule has 3 nitrogen and oxygen atoms in total. The third-order valence-corrected chi connectivity index (χ3v) is 6.03. The molecule has 0 saturated heterocycles. The Balaban J connectivity index is 2.15. The number of ether oxygens (including phenoxy) is 1. The first kappa shape index (κ1) is 30.4. The molecule has 210 valence electrons. The van der Waals surface area contributed by atoms with Gasteiger partial charge in [-0.1, -0.05) is 29.3 Å². The highest BCUT2D eigenvalue weighted by Gasteiger charge is 2.37. The van der Waals surface area contributed by atoms with Gasteiger partial charge in [-0.2, -0.15) is 39.5 Å². The lowest BCUT2D eigenvalue weighted by Gasteiger charge is -2.25. The lowest BCUT2D eigenvalue weighted by Crippen LogP contribution is -2.30. The topological polar surface area (TPSA) is 29.5 Å². The highest BCUT2D eigenvalue weighted by atomic mass is 35.5. The third-order valence-electron chi connectivity index (χ3n) is 5.47. The Hall–Kier alpha value is -3.12. The normalized spacial score (nSPS) is 12.4. The summed E-state index contributed by atoms with van der Waals surface area (Å²) in [5.74, 6) is 0. The Kier molecular flexibility index (Phi) is 8.71. The van der Waals surface area contributed by atoms with Gasteiger partial charge in [-0.15, -0.1) is 0 Å². The van der Waals surface area contributed by atoms with Crippen LogP contribution in [0.15, 0.2) is 54.6 Å². The van der Waals surface area contributed by atoms with E-state index in [2.05, 4.69) is 4.74 Å². The summed E-state index contributed by atoms with van der Waals surface area (Å²) in [4.78, 5) is 13.2. The van der Waals surface area contributed by atoms with Gasteiger partial charge in [0, 0.05) is 28.7 Å². The number of rotatable bonds is 5. The molecule has 0 atom stereocenters. The van der Waals surface area contributed by atoms with Gasteiger partial charge >= 0.3 is 24.6 Å². The van der Waals surface area contributed by atoms with Gasteiger partial charge in [0.05, 0.1) is 23.8 Å². The van der Waals surface area contributed by atoms with Gasteiger partial charge in [0.2, 0.25) is 0 Å². The Labute approximate surface area is 225 Å². The molecule has 14 heteroatoms. The summed E-state index contributed by atoms with van der Waals surface area (Å²) in [6, 6.07) is 7.38. The summed E-state index contributed by atoms with van der Waals surface area (Å²) in [6.07, 6.45) is -16.3. The number of benzene rings is 3. The summed E-state index contributed by atoms with van der Waals surface area (Å²) in [5.41, 5.74) is -4.87. The van der Waals surface area contributed by atoms with Crippen molar-refractivity contribution in [2.45, 2.75) is 31.6 Å². The molecule has 0 spiro atoms. The smallest absolute Gasteiger partial charge is 0.416 e. The summed E-state index contributed by atoms with van der Waals surface area (Å²) < 4.78 is 125. The first-order valence-electron chi connectivity index (χ1n) is 10.7. The van der Waals surface area contributed by atoms with E-state index in [-0.39, 0.29) is 32.8 Å². The van der Waals surface area contributed by atoms with Crippen LogP contribution in [0.5, 0.6) is 0 Å². The molecular weight excluding hydrogens is 588 g/mol. The van der Waals surface area contributed by atoms with Crippen molar-refractivity contribution in [3.05, 3.63) is 92.5 Å². The minimum Gasteiger partial charge on any atom is -0.453 e. The second-order valence-corrected chi connectivity index (χ2v) is 9.08. The fraction of sp³-hybridized carbons (Fsp3) is 0.240. The number of nitrogens with zero attached hydrogens (tertiary/aromatic N) is 1. The van der Waals surface area contributed by atoms with E-state index in [4.69, 9.17) is 23.2 Å². The van der Waals surface area contributed by atoms with Crippen LogP contribution in [-0.4, -0.2) is 18.1 Å². The van der Waals surface area contributed by atoms with Gasteiger partial charge < -0.3 is 4.74 Å². The second-order valence-electron chi connectivity index (χ2n) is 8.23. The highest BCUT2D eigenvalue weighted by Crippen LogP contribution is 2.39. The van der Waals surface area contributed by atoms with Crippen molar-refractivity contribution in [1.29, 1.82) is 0 Å². The van der Waals surface area contributed by atoms with Gasteiger partial charge in [-0.25, -0.2) is 4.79 Å². The molecule has 0 aliphatic carbocycles. The minimum absolute atomic E-state index is 0.0812. The minimum atomic E-state index is -5.15. The first-order chi connectivity index (χ1) is 17.9. The SMILES string of the molecule is COC(=O)N(Cc1cc(C(F)(F)F)cc(C(F)(F)F)c1)Cc1cc(C(F)(F)F)ccc1-c1cc(Cl)ccc1Cl. The van der Waals surface area contributed by atoms with Crippen molar-refractivity contribution >= 4 is 29.3 Å². The van der Waals surface area contributed by atoms with Gasteiger partial charge in [0.25, 0.3) is 0 Å². The van der Waals surface area contributed by atoms with E-state index in [9.17, 15) is 44.3 Å². The predicted octanol–water partition coefficient (Wildman–Crippen LogP) is 9.49. The summed E-state index contributed by atoms with van der Waals surface area (Å²) >= 11 is 12.2. The fourth-order valence-electron chi connectivity index (χ4n) is 3.72. The van der Waals surface area contributed by atoms with E-state index in [1.807, 2.05) is 0 Å². The predicted molar refractivity (Wildman–Crippen MR) is 125 cm³/mol. The Bertz CT molecular complexity index is 1340. The van der Waals surface area contributed by atoms with Crippen molar-refractivity contribution < 1.29 is 49.0 Å². The molecule has 0 aromatic heterocycles. The molecule has 0 heterocycles. The van der Waals surface area contributed by atoms with Crippen LogP contribution in [0.25, 0.3) is 11.1 Å². The van der Waals surface area contributed by atoms with Crippen molar-refractivity contribution in [2.75, 3.05) is 7.11 Å². The average molecular weight is 604 g/mol. The Morgan fingerprint density at radius 3 is 1.79 bits per heavy atom. The van der Waals surface area contributed by atoms with E-state index in [1.165, 1.54) is 18.2 Å². The fourth-order valence-corrected chi connectivity index (χ4v) is 4.11. The molecule has 0 unspecified atom stereocenters. The van der Waals surface area contributed by atoms with Crippen LogP contribution >= 0.6 is 23.2 Å². The summed E-state index contributed by atoms with van der Waals surface area (Å²) in [6.45, 7) is -1.56. The maximum absolute atomic E-state index is 13.5. The largest absolute Gasteiger partial charge is 0.453 e. The number of carbonyl (C=O) groups is 1. The molecule has 3 rings (SSSR count). The number of alkyl halides is 9. The maximum atomic E-state index is 13.5. The summed E-state index contributed by atoms with van der Waals surface area (Å²) in [7, 11) is 0.892. The van der Waals surface area contributed by atoms with Crippen LogP contribution in [0.2, 0.25) is 10.0 Å². The van der Waals surface area contributed by atoms with Crippen molar-refractivity contribution in [2.24, 2.45) is 0 Å². The number of carbonyl (C=O) groups excluding carboxylic acids is 1. The van der Waals surface area contributed by atoms with Crippen LogP contribution in [0.4, 0.5) is 44.3 Å². The van der Waals surface area contributed by atoms with Gasteiger partial charge in [-0.3, -0.25) is 4.90 Å². The zero-order chi connectivity index (χ0) is 29.3. The molecule has 0 aliphatic rings. The molecule has 0 fully saturated rings. The number of hydrogen-bond donors (Lipinski definition) is 0. The van der Waals surface area contributed by atoms with E-state index >= 15 is 0 Å². The first-order valence-corrected chi connectivity index (χ1v) is 11.4. The van der Waals surface area contributed by atoms with Gasteiger partial charge in [0.1, 0.15) is 0 Å². The molecule has 3 aromatic carbocycles. The van der Waals surface area contributed by atoms with Crippen LogP contribution in [-0.2, 0) is 36.4 Å². The van der Waals surface area contributed by atoms with Crippen molar-refractivity contribution in [3.63, 3.8) is 0 Å². The number of halogens is 11. The zero-order valence-corrected chi connectivity index (χ0v) is 21.0. The molecule has 0 aliphatic heterocycles. The van der Waals surface area contributed by atoms with Gasteiger partial charge in [-0.05, 0) is 65.2 Å². The Morgan fingerprint density at radius 1 is 0.718 bits per heavy atom. The van der Waals surface area contributed by atoms with Crippen molar-refractivity contribution in [3.8, 4) is 11.1 Å². The molecule has 0 bridgehead atoms. The van der Waals surface area contributed by atoms with Crippen LogP contribution in [0, 0.1) is 0 Å². The zero-order valence-electron chi connectivity index (χ0n) is 19.5. The second kappa shape index (κ2) is 11.2. The monoisotopic (exact) mass is 603 g/mol. The summed E-state index contributed by atoms with van der Waals surface area (Å²) in [5, 5.41) is 0.256. The highest BCUT2D eigenvalue weighted by molar-refractivity contribution is 6.35. The number of amides is 1. The van der Waals surface area contributed by atoms with E-state index in [0.717, 1.165) is 19.2 Å². The maximum Gasteiger partial charge on any atom is 0.416 e. The van der Waals surface area contributed by atoms with Crippen molar-refractivity contribution in [1.82, 2.24) is 4.90 Å². The number of hydrogen-bond acceptors (Lipinski definition) is 2. The Morgan fingerprint density at radius 2 is 1.28 bits per heavy atom. The molecule has 1 amide bonds. The molecular formula is C25H16Cl2F9NO2. The van der Waals surface area contributed by atoms with Crippen LogP contribution in [0.3, 0.4) is 0 Å². The third kappa shape index (κ3) is 7.51. The van der Waals surface area contributed by atoms with Gasteiger partial charge in [0.15, 0.2) is 0 Å².